The molecule has 2 heteroatoms. The van der Waals surface area contributed by atoms with Crippen LogP contribution in [-0.2, 0) is 0 Å². The SMILES string of the molecule is C#CN1CCCC1.C=CI.CC. The van der Waals surface area contributed by atoms with E-state index in [1.165, 1.54) is 12.8 Å². The smallest absolute Gasteiger partial charge is 0.0261 e. The normalized spacial score (nSPS) is 13.0. The summed E-state index contributed by atoms with van der Waals surface area (Å²) in [6.07, 6.45) is 7.67. The Morgan fingerprint density at radius 2 is 1.75 bits per heavy atom. The zero-order valence-electron chi connectivity index (χ0n) is 8.02. The molecule has 0 aromatic carbocycles. The molecule has 1 heterocycles. The van der Waals surface area contributed by atoms with Crippen LogP contribution < -0.4 is 0 Å². The van der Waals surface area contributed by atoms with E-state index < -0.39 is 0 Å². The van der Waals surface area contributed by atoms with Crippen molar-refractivity contribution >= 4 is 22.6 Å². The molecule has 0 amide bonds. The van der Waals surface area contributed by atoms with Crippen molar-refractivity contribution in [2.75, 3.05) is 13.1 Å². The molecule has 0 unspecified atom stereocenters. The third-order valence-corrected chi connectivity index (χ3v) is 1.29. The summed E-state index contributed by atoms with van der Waals surface area (Å²) in [6, 6.07) is 2.60. The number of terminal acetylenes is 1. The van der Waals surface area contributed by atoms with E-state index in [0.29, 0.717) is 0 Å². The molecule has 70 valence electrons. The van der Waals surface area contributed by atoms with E-state index in [1.807, 2.05) is 18.7 Å². The molecular formula is C10H18IN. The number of hydrogen-bond acceptors (Lipinski definition) is 1. The van der Waals surface area contributed by atoms with Crippen molar-refractivity contribution in [3.63, 3.8) is 0 Å². The van der Waals surface area contributed by atoms with Gasteiger partial charge in [-0.05, 0) is 16.9 Å². The van der Waals surface area contributed by atoms with E-state index in [-0.39, 0.29) is 0 Å². The van der Waals surface area contributed by atoms with Gasteiger partial charge in [-0.1, -0.05) is 49.4 Å². The standard InChI is InChI=1S/C6H9N.C2H3I.C2H6/c1-2-7-5-3-4-6-7;1-2-3;1-2/h1H,3-6H2;2H,1H2;1-2H3. The van der Waals surface area contributed by atoms with E-state index >= 15 is 0 Å². The minimum absolute atomic E-state index is 1.11. The Hall–Kier alpha value is -0.170. The molecular weight excluding hydrogens is 261 g/mol. The van der Waals surface area contributed by atoms with Gasteiger partial charge in [0.05, 0.1) is 0 Å². The zero-order valence-corrected chi connectivity index (χ0v) is 10.2. The van der Waals surface area contributed by atoms with Crippen molar-refractivity contribution in [3.8, 4) is 12.5 Å². The number of hydrogen-bond donors (Lipinski definition) is 0. The fourth-order valence-corrected chi connectivity index (χ4v) is 0.846. The predicted molar refractivity (Wildman–Crippen MR) is 65.2 cm³/mol. The van der Waals surface area contributed by atoms with Crippen LogP contribution in [-0.4, -0.2) is 18.0 Å². The summed E-state index contributed by atoms with van der Waals surface area (Å²) in [5, 5.41) is 0. The molecule has 0 saturated carbocycles. The van der Waals surface area contributed by atoms with Gasteiger partial charge in [-0.15, -0.1) is 0 Å². The Balaban J connectivity index is 0. The lowest BCUT2D eigenvalue weighted by Crippen LogP contribution is -2.10. The van der Waals surface area contributed by atoms with Crippen molar-refractivity contribution in [3.05, 3.63) is 10.7 Å². The fraction of sp³-hybridized carbons (Fsp3) is 0.600. The van der Waals surface area contributed by atoms with E-state index in [2.05, 4.69) is 35.2 Å². The Bertz CT molecular complexity index is 120. The number of halogens is 1. The van der Waals surface area contributed by atoms with Crippen LogP contribution in [0.25, 0.3) is 0 Å². The van der Waals surface area contributed by atoms with Gasteiger partial charge in [0.2, 0.25) is 0 Å². The van der Waals surface area contributed by atoms with Gasteiger partial charge in [0.15, 0.2) is 0 Å². The van der Waals surface area contributed by atoms with Crippen LogP contribution in [0, 0.1) is 12.5 Å². The van der Waals surface area contributed by atoms with Gasteiger partial charge in [-0.3, -0.25) is 0 Å². The molecule has 0 atom stereocenters. The van der Waals surface area contributed by atoms with Crippen LogP contribution in [0.3, 0.4) is 0 Å². The fourth-order valence-electron chi connectivity index (χ4n) is 0.846. The Labute approximate surface area is 90.4 Å². The van der Waals surface area contributed by atoms with E-state index in [4.69, 9.17) is 6.42 Å². The first kappa shape index (κ1) is 14.4. The maximum absolute atomic E-state index is 5.11. The van der Waals surface area contributed by atoms with Crippen molar-refractivity contribution in [2.45, 2.75) is 26.7 Å². The average molecular weight is 279 g/mol. The quantitative estimate of drug-likeness (QED) is 0.486. The Kier molecular flexibility index (Phi) is 16.1. The van der Waals surface area contributed by atoms with E-state index in [1.54, 1.807) is 4.08 Å². The third-order valence-electron chi connectivity index (χ3n) is 1.29. The first-order valence-corrected chi connectivity index (χ1v) is 5.52. The van der Waals surface area contributed by atoms with E-state index in [0.717, 1.165) is 13.1 Å². The maximum atomic E-state index is 5.11. The zero-order chi connectivity index (χ0) is 9.82. The molecule has 1 rings (SSSR count). The third kappa shape index (κ3) is 9.83. The highest BCUT2D eigenvalue weighted by Gasteiger charge is 2.04. The van der Waals surface area contributed by atoms with Gasteiger partial charge in [-0.25, -0.2) is 0 Å². The van der Waals surface area contributed by atoms with Crippen molar-refractivity contribution < 1.29 is 0 Å². The topological polar surface area (TPSA) is 3.24 Å². The second-order valence-corrected chi connectivity index (χ2v) is 2.86. The summed E-state index contributed by atoms with van der Waals surface area (Å²) in [6.45, 7) is 9.56. The van der Waals surface area contributed by atoms with Crippen molar-refractivity contribution in [2.24, 2.45) is 0 Å². The van der Waals surface area contributed by atoms with Gasteiger partial charge < -0.3 is 4.90 Å². The Morgan fingerprint density at radius 1 is 1.42 bits per heavy atom. The maximum Gasteiger partial charge on any atom is 0.0261 e. The van der Waals surface area contributed by atoms with Crippen molar-refractivity contribution in [1.82, 2.24) is 4.90 Å². The molecule has 1 fully saturated rings. The summed E-state index contributed by atoms with van der Waals surface area (Å²) in [4.78, 5) is 2.01. The van der Waals surface area contributed by atoms with Gasteiger partial charge >= 0.3 is 0 Å². The monoisotopic (exact) mass is 279 g/mol. The van der Waals surface area contributed by atoms with Crippen LogP contribution in [0.4, 0.5) is 0 Å². The van der Waals surface area contributed by atoms with Gasteiger partial charge in [0.25, 0.3) is 0 Å². The molecule has 1 aliphatic heterocycles. The molecule has 0 bridgehead atoms. The molecule has 0 N–H and O–H groups in total. The number of likely N-dealkylation sites (tertiary alicyclic amines) is 1. The summed E-state index contributed by atoms with van der Waals surface area (Å²) < 4.78 is 1.72. The van der Waals surface area contributed by atoms with Crippen LogP contribution in [0.15, 0.2) is 10.7 Å². The lowest BCUT2D eigenvalue weighted by atomic mass is 10.4. The molecule has 0 radical (unpaired) electrons. The van der Waals surface area contributed by atoms with Crippen molar-refractivity contribution in [1.29, 1.82) is 0 Å². The number of nitrogens with zero attached hydrogens (tertiary/aromatic N) is 1. The largest absolute Gasteiger partial charge is 0.333 e. The molecule has 0 aliphatic carbocycles. The van der Waals surface area contributed by atoms with Crippen LogP contribution in [0.5, 0.6) is 0 Å². The highest BCUT2D eigenvalue weighted by atomic mass is 127. The predicted octanol–water partition coefficient (Wildman–Crippen LogP) is 3.26. The molecule has 1 saturated heterocycles. The summed E-state index contributed by atoms with van der Waals surface area (Å²) in [7, 11) is 0. The van der Waals surface area contributed by atoms with Gasteiger partial charge in [0, 0.05) is 19.1 Å². The average Bonchev–Trinajstić information content (AvgIpc) is 2.61. The number of rotatable bonds is 0. The highest BCUT2D eigenvalue weighted by molar-refractivity contribution is 14.1. The summed E-state index contributed by atoms with van der Waals surface area (Å²) in [5.74, 6) is 0. The Morgan fingerprint density at radius 3 is 1.92 bits per heavy atom. The first-order chi connectivity index (χ1) is 5.85. The van der Waals surface area contributed by atoms with Crippen LogP contribution >= 0.6 is 22.6 Å². The lowest BCUT2D eigenvalue weighted by molar-refractivity contribution is 0.497. The molecule has 12 heavy (non-hydrogen) atoms. The molecule has 1 nitrogen and oxygen atoms in total. The lowest BCUT2D eigenvalue weighted by Gasteiger charge is -2.03. The molecule has 0 spiro atoms. The van der Waals surface area contributed by atoms with Gasteiger partial charge in [0.1, 0.15) is 0 Å². The molecule has 0 aromatic rings. The van der Waals surface area contributed by atoms with Crippen LogP contribution in [0.1, 0.15) is 26.7 Å². The highest BCUT2D eigenvalue weighted by Crippen LogP contribution is 2.03. The van der Waals surface area contributed by atoms with Crippen LogP contribution in [0.2, 0.25) is 0 Å². The first-order valence-electron chi connectivity index (χ1n) is 4.27. The minimum Gasteiger partial charge on any atom is -0.333 e. The summed E-state index contributed by atoms with van der Waals surface area (Å²) in [5.41, 5.74) is 0. The second kappa shape index (κ2) is 13.4. The summed E-state index contributed by atoms with van der Waals surface area (Å²) >= 11 is 2.05. The minimum atomic E-state index is 1.11. The molecule has 0 aromatic heterocycles. The second-order valence-electron chi connectivity index (χ2n) is 1.98. The van der Waals surface area contributed by atoms with Gasteiger partial charge in [-0.2, -0.15) is 0 Å². The van der Waals surface area contributed by atoms with E-state index in [9.17, 15) is 0 Å². The molecule has 1 aliphatic rings.